The summed E-state index contributed by atoms with van der Waals surface area (Å²) in [7, 11) is 1.50. The highest BCUT2D eigenvalue weighted by molar-refractivity contribution is 7.99. The van der Waals surface area contributed by atoms with E-state index in [1.807, 2.05) is 31.2 Å². The Kier molecular flexibility index (Phi) is 6.23. The number of ether oxygens (including phenoxy) is 1. The van der Waals surface area contributed by atoms with Gasteiger partial charge in [-0.25, -0.2) is 9.78 Å². The normalized spacial score (nSPS) is 12.3. The summed E-state index contributed by atoms with van der Waals surface area (Å²) >= 11 is 1.15. The molecule has 154 valence electrons. The second kappa shape index (κ2) is 8.66. The third kappa shape index (κ3) is 4.60. The molecule has 1 atom stereocenters. The number of para-hydroxylation sites is 1. The number of benzene rings is 1. The number of nitrogens with zero attached hydrogens (tertiary/aromatic N) is 3. The summed E-state index contributed by atoms with van der Waals surface area (Å²) in [4.78, 5) is 42.3. The van der Waals surface area contributed by atoms with E-state index in [1.54, 1.807) is 0 Å². The molecule has 0 bridgehead atoms. The summed E-state index contributed by atoms with van der Waals surface area (Å²) < 4.78 is 8.43. The molecule has 0 aliphatic rings. The number of ketones is 1. The number of hydrogen-bond acceptors (Lipinski definition) is 7. The van der Waals surface area contributed by atoms with Gasteiger partial charge in [-0.2, -0.15) is 0 Å². The number of nitrogens with one attached hydrogen (secondary N) is 1. The molecule has 29 heavy (non-hydrogen) atoms. The molecule has 0 aliphatic heterocycles. The largest absolute Gasteiger partial charge is 0.491 e. The standard InChI is InChI=1S/C19H22N4O5S/c1-11-6-4-5-7-14(11)28-9-13(25)8-23-15-16(20-19(23)29-10-12(2)24)22(3)18(27)21-17(15)26/h4-7,13,25H,8-10H2,1-3H3,(H,21,26,27). The van der Waals surface area contributed by atoms with Crippen molar-refractivity contribution >= 4 is 28.7 Å². The maximum absolute atomic E-state index is 12.4. The number of thioether (sulfide) groups is 1. The van der Waals surface area contributed by atoms with Crippen molar-refractivity contribution in [3.63, 3.8) is 0 Å². The monoisotopic (exact) mass is 418 g/mol. The van der Waals surface area contributed by atoms with Crippen LogP contribution in [0.3, 0.4) is 0 Å². The molecule has 0 aliphatic carbocycles. The van der Waals surface area contributed by atoms with Crippen molar-refractivity contribution in [3.05, 3.63) is 50.7 Å². The predicted octanol–water partition coefficient (Wildman–Crippen LogP) is 0.853. The maximum atomic E-state index is 12.4. The van der Waals surface area contributed by atoms with Crippen LogP contribution in [-0.4, -0.2) is 48.5 Å². The van der Waals surface area contributed by atoms with Gasteiger partial charge in [0.2, 0.25) is 0 Å². The molecule has 2 N–H and O–H groups in total. The average Bonchev–Trinajstić information content (AvgIpc) is 3.03. The average molecular weight is 418 g/mol. The quantitative estimate of drug-likeness (QED) is 0.521. The lowest BCUT2D eigenvalue weighted by atomic mass is 10.2. The molecule has 0 radical (unpaired) electrons. The molecule has 3 rings (SSSR count). The van der Waals surface area contributed by atoms with Crippen LogP contribution in [0.25, 0.3) is 11.2 Å². The molecular weight excluding hydrogens is 396 g/mol. The van der Waals surface area contributed by atoms with Gasteiger partial charge in [0.15, 0.2) is 16.3 Å². The molecule has 0 saturated carbocycles. The highest BCUT2D eigenvalue weighted by Gasteiger charge is 2.20. The van der Waals surface area contributed by atoms with Gasteiger partial charge >= 0.3 is 5.69 Å². The Morgan fingerprint density at radius 1 is 1.34 bits per heavy atom. The summed E-state index contributed by atoms with van der Waals surface area (Å²) in [6, 6.07) is 7.45. The lowest BCUT2D eigenvalue weighted by molar-refractivity contribution is -0.114. The highest BCUT2D eigenvalue weighted by atomic mass is 32.2. The Hall–Kier alpha value is -2.85. The number of aliphatic hydroxyl groups excluding tert-OH is 1. The molecule has 10 heteroatoms. The van der Waals surface area contributed by atoms with E-state index in [4.69, 9.17) is 4.74 Å². The minimum Gasteiger partial charge on any atom is -0.491 e. The second-order valence-electron chi connectivity index (χ2n) is 6.72. The van der Waals surface area contributed by atoms with Gasteiger partial charge in [-0.1, -0.05) is 30.0 Å². The summed E-state index contributed by atoms with van der Waals surface area (Å²) in [5, 5.41) is 10.9. The van der Waals surface area contributed by atoms with Crippen LogP contribution in [0.1, 0.15) is 12.5 Å². The Bertz CT molecular complexity index is 1160. The first-order valence-corrected chi connectivity index (χ1v) is 9.94. The molecule has 0 saturated heterocycles. The molecule has 3 aromatic rings. The van der Waals surface area contributed by atoms with E-state index >= 15 is 0 Å². The van der Waals surface area contributed by atoms with Crippen LogP contribution in [0, 0.1) is 6.92 Å². The zero-order chi connectivity index (χ0) is 21.1. The van der Waals surface area contributed by atoms with Crippen molar-refractivity contribution in [3.8, 4) is 5.75 Å². The molecule has 0 fully saturated rings. The lowest BCUT2D eigenvalue weighted by Gasteiger charge is -2.16. The Morgan fingerprint density at radius 3 is 2.76 bits per heavy atom. The van der Waals surface area contributed by atoms with Gasteiger partial charge in [-0.15, -0.1) is 0 Å². The zero-order valence-electron chi connectivity index (χ0n) is 16.3. The van der Waals surface area contributed by atoms with Gasteiger partial charge in [0.1, 0.15) is 24.2 Å². The smallest absolute Gasteiger partial charge is 0.329 e. The predicted molar refractivity (Wildman–Crippen MR) is 110 cm³/mol. The maximum Gasteiger partial charge on any atom is 0.329 e. The molecule has 2 aromatic heterocycles. The number of hydrogen-bond donors (Lipinski definition) is 2. The first-order valence-electron chi connectivity index (χ1n) is 8.96. The number of fused-ring (bicyclic) bond motifs is 1. The van der Waals surface area contributed by atoms with E-state index in [9.17, 15) is 19.5 Å². The number of carbonyl (C=O) groups is 1. The molecule has 1 unspecified atom stereocenters. The van der Waals surface area contributed by atoms with Crippen molar-refractivity contribution in [2.45, 2.75) is 31.7 Å². The fourth-order valence-electron chi connectivity index (χ4n) is 2.83. The fraction of sp³-hybridized carbons (Fsp3) is 0.368. The third-order valence-corrected chi connectivity index (χ3v) is 5.42. The second-order valence-corrected chi connectivity index (χ2v) is 7.66. The zero-order valence-corrected chi connectivity index (χ0v) is 17.2. The topological polar surface area (TPSA) is 119 Å². The van der Waals surface area contributed by atoms with Crippen LogP contribution in [-0.2, 0) is 18.4 Å². The van der Waals surface area contributed by atoms with Crippen molar-refractivity contribution in [1.29, 1.82) is 0 Å². The Morgan fingerprint density at radius 2 is 2.07 bits per heavy atom. The number of rotatable bonds is 8. The van der Waals surface area contributed by atoms with Gasteiger partial charge in [0.05, 0.1) is 12.3 Å². The van der Waals surface area contributed by atoms with Crippen LogP contribution in [0.5, 0.6) is 5.75 Å². The summed E-state index contributed by atoms with van der Waals surface area (Å²) in [6.07, 6.45) is -0.944. The molecule has 0 spiro atoms. The van der Waals surface area contributed by atoms with Crippen molar-refractivity contribution in [1.82, 2.24) is 19.1 Å². The highest BCUT2D eigenvalue weighted by Crippen LogP contribution is 2.22. The number of imidazole rings is 1. The van der Waals surface area contributed by atoms with Gasteiger partial charge in [0, 0.05) is 7.05 Å². The SMILES string of the molecule is CC(=O)CSc1nc2c(c(=O)[nH]c(=O)n2C)n1CC(O)COc1ccccc1C. The minimum absolute atomic E-state index is 0.00497. The Labute approximate surface area is 170 Å². The van der Waals surface area contributed by atoms with Gasteiger partial charge in [-0.3, -0.25) is 19.1 Å². The van der Waals surface area contributed by atoms with Crippen LogP contribution in [0.15, 0.2) is 39.0 Å². The van der Waals surface area contributed by atoms with E-state index in [1.165, 1.54) is 23.1 Å². The molecule has 2 heterocycles. The van der Waals surface area contributed by atoms with Crippen LogP contribution >= 0.6 is 11.8 Å². The number of carbonyl (C=O) groups excluding carboxylic acids is 1. The summed E-state index contributed by atoms with van der Waals surface area (Å²) in [6.45, 7) is 3.38. The summed E-state index contributed by atoms with van der Waals surface area (Å²) in [5.41, 5.74) is 0.109. The summed E-state index contributed by atoms with van der Waals surface area (Å²) in [5.74, 6) is 0.763. The number of aryl methyl sites for hydroxylation is 2. The fourth-order valence-corrected chi connectivity index (χ4v) is 3.63. The Balaban J connectivity index is 1.91. The van der Waals surface area contributed by atoms with E-state index in [-0.39, 0.29) is 35.9 Å². The number of H-pyrrole nitrogens is 1. The van der Waals surface area contributed by atoms with E-state index in [0.717, 1.165) is 17.3 Å². The first-order chi connectivity index (χ1) is 13.8. The lowest BCUT2D eigenvalue weighted by Crippen LogP contribution is -2.30. The van der Waals surface area contributed by atoms with E-state index in [0.29, 0.717) is 10.9 Å². The van der Waals surface area contributed by atoms with Crippen LogP contribution in [0.2, 0.25) is 0 Å². The van der Waals surface area contributed by atoms with Gasteiger partial charge in [-0.05, 0) is 25.5 Å². The third-order valence-electron chi connectivity index (χ3n) is 4.29. The molecule has 1 aromatic carbocycles. The van der Waals surface area contributed by atoms with Crippen molar-refractivity contribution < 1.29 is 14.6 Å². The van der Waals surface area contributed by atoms with E-state index in [2.05, 4.69) is 9.97 Å². The molecule has 9 nitrogen and oxygen atoms in total. The molecule has 0 amide bonds. The van der Waals surface area contributed by atoms with Crippen molar-refractivity contribution in [2.24, 2.45) is 7.05 Å². The van der Waals surface area contributed by atoms with Gasteiger partial charge in [0.25, 0.3) is 5.56 Å². The first kappa shape index (κ1) is 20.9. The van der Waals surface area contributed by atoms with E-state index < -0.39 is 17.4 Å². The molecular formula is C19H22N4O5S. The van der Waals surface area contributed by atoms with Gasteiger partial charge < -0.3 is 14.4 Å². The van der Waals surface area contributed by atoms with Crippen LogP contribution < -0.4 is 16.0 Å². The minimum atomic E-state index is -0.944. The number of aromatic nitrogens is 4. The number of aromatic amines is 1. The van der Waals surface area contributed by atoms with Crippen molar-refractivity contribution in [2.75, 3.05) is 12.4 Å². The number of Topliss-reactive ketones (excluding diaryl/α,β-unsaturated/α-hetero) is 1. The van der Waals surface area contributed by atoms with Crippen LogP contribution in [0.4, 0.5) is 0 Å². The number of aliphatic hydroxyl groups is 1.